The molecule has 10 heavy (non-hydrogen) atoms. The van der Waals surface area contributed by atoms with Crippen LogP contribution in [0.3, 0.4) is 0 Å². The lowest BCUT2D eigenvalue weighted by molar-refractivity contribution is -0.122. The van der Waals surface area contributed by atoms with Gasteiger partial charge in [-0.25, -0.2) is 4.79 Å². The maximum Gasteiger partial charge on any atom is 0.312 e. The molecular weight excluding hydrogens is 134 g/mol. The average Bonchev–Trinajstić information content (AvgIpc) is 1.85. The molecule has 3 amide bonds. The van der Waals surface area contributed by atoms with E-state index in [0.29, 0.717) is 0 Å². The van der Waals surface area contributed by atoms with Crippen molar-refractivity contribution >= 4 is 11.9 Å². The molecule has 0 radical (unpaired) electrons. The van der Waals surface area contributed by atoms with Crippen molar-refractivity contribution in [3.8, 4) is 0 Å². The summed E-state index contributed by atoms with van der Waals surface area (Å²) >= 11 is 0. The fourth-order valence-electron chi connectivity index (χ4n) is 0.495. The molecule has 0 bridgehead atoms. The summed E-state index contributed by atoms with van der Waals surface area (Å²) in [5, 5.41) is 4.58. The van der Waals surface area contributed by atoms with Gasteiger partial charge in [0.05, 0.1) is 0 Å². The Bertz CT molecular complexity index is 146. The zero-order valence-corrected chi connectivity index (χ0v) is 5.97. The third-order valence-corrected chi connectivity index (χ3v) is 0.998. The molecule has 1 atom stereocenters. The topological polar surface area (TPSA) is 84.2 Å². The van der Waals surface area contributed by atoms with E-state index in [0.717, 1.165) is 0 Å². The Balaban J connectivity index is 3.72. The first kappa shape index (κ1) is 8.74. The highest BCUT2D eigenvalue weighted by Gasteiger charge is 2.10. The van der Waals surface area contributed by atoms with E-state index in [2.05, 4.69) is 10.6 Å². The Morgan fingerprint density at radius 3 is 2.30 bits per heavy atom. The van der Waals surface area contributed by atoms with Crippen LogP contribution in [-0.4, -0.2) is 25.0 Å². The predicted molar refractivity (Wildman–Crippen MR) is 36.2 cm³/mol. The van der Waals surface area contributed by atoms with Crippen LogP contribution < -0.4 is 16.4 Å². The summed E-state index contributed by atoms with van der Waals surface area (Å²) in [5.41, 5.74) is 4.76. The van der Waals surface area contributed by atoms with Crippen molar-refractivity contribution < 1.29 is 9.59 Å². The van der Waals surface area contributed by atoms with Crippen LogP contribution in [0.2, 0.25) is 0 Å². The van der Waals surface area contributed by atoms with Crippen LogP contribution >= 0.6 is 0 Å². The second kappa shape index (κ2) is 3.71. The lowest BCUT2D eigenvalue weighted by Crippen LogP contribution is -2.45. The molecule has 0 aliphatic heterocycles. The zero-order chi connectivity index (χ0) is 8.15. The number of amides is 3. The molecule has 5 nitrogen and oxygen atoms in total. The van der Waals surface area contributed by atoms with E-state index in [1.165, 1.54) is 7.05 Å². The first-order chi connectivity index (χ1) is 4.57. The fourth-order valence-corrected chi connectivity index (χ4v) is 0.495. The van der Waals surface area contributed by atoms with Crippen LogP contribution in [0.1, 0.15) is 6.92 Å². The molecule has 0 aliphatic carbocycles. The number of hydrogen-bond acceptors (Lipinski definition) is 2. The highest BCUT2D eigenvalue weighted by molar-refractivity contribution is 5.85. The number of likely N-dealkylation sites (N-methyl/N-ethyl adjacent to an activating group) is 1. The predicted octanol–water partition coefficient (Wildman–Crippen LogP) is -1.21. The van der Waals surface area contributed by atoms with Gasteiger partial charge in [-0.3, -0.25) is 4.79 Å². The third-order valence-electron chi connectivity index (χ3n) is 0.998. The van der Waals surface area contributed by atoms with Crippen molar-refractivity contribution in [3.05, 3.63) is 0 Å². The van der Waals surface area contributed by atoms with E-state index in [-0.39, 0.29) is 5.91 Å². The van der Waals surface area contributed by atoms with Gasteiger partial charge in [-0.15, -0.1) is 0 Å². The number of nitrogens with one attached hydrogen (secondary N) is 2. The Labute approximate surface area is 59.0 Å². The second-order valence-corrected chi connectivity index (χ2v) is 1.84. The number of urea groups is 1. The summed E-state index contributed by atoms with van der Waals surface area (Å²) in [6.07, 6.45) is 0. The third kappa shape index (κ3) is 2.91. The lowest BCUT2D eigenvalue weighted by Gasteiger charge is -2.08. The molecule has 0 aromatic heterocycles. The van der Waals surface area contributed by atoms with Crippen LogP contribution in [0.4, 0.5) is 4.79 Å². The van der Waals surface area contributed by atoms with Gasteiger partial charge in [-0.05, 0) is 6.92 Å². The van der Waals surface area contributed by atoms with Crippen LogP contribution in [0.5, 0.6) is 0 Å². The monoisotopic (exact) mass is 145 g/mol. The normalized spacial score (nSPS) is 11.8. The van der Waals surface area contributed by atoms with Crippen molar-refractivity contribution in [3.63, 3.8) is 0 Å². The summed E-state index contributed by atoms with van der Waals surface area (Å²) < 4.78 is 0. The molecule has 0 heterocycles. The minimum Gasteiger partial charge on any atom is -0.357 e. The number of nitrogens with two attached hydrogens (primary N) is 1. The van der Waals surface area contributed by atoms with Crippen molar-refractivity contribution in [2.24, 2.45) is 5.73 Å². The average molecular weight is 145 g/mol. The molecule has 0 fully saturated rings. The first-order valence-corrected chi connectivity index (χ1v) is 2.85. The molecular formula is C5H11N3O2. The number of hydrogen-bond donors (Lipinski definition) is 3. The first-order valence-electron chi connectivity index (χ1n) is 2.85. The fraction of sp³-hybridized carbons (Fsp3) is 0.600. The molecule has 0 aromatic carbocycles. The summed E-state index contributed by atoms with van der Waals surface area (Å²) in [6, 6.07) is -1.27. The standard InChI is InChI=1S/C5H11N3O2/c1-3(4(9)7-2)8-5(6)10/h3H,1-2H3,(H,7,9)(H3,6,8,10). The van der Waals surface area contributed by atoms with Crippen molar-refractivity contribution in [1.82, 2.24) is 10.6 Å². The van der Waals surface area contributed by atoms with Gasteiger partial charge in [-0.2, -0.15) is 0 Å². The summed E-state index contributed by atoms with van der Waals surface area (Å²) in [5.74, 6) is -0.265. The van der Waals surface area contributed by atoms with Gasteiger partial charge in [0.1, 0.15) is 6.04 Å². The van der Waals surface area contributed by atoms with Gasteiger partial charge in [0, 0.05) is 7.05 Å². The Hall–Kier alpha value is -1.26. The second-order valence-electron chi connectivity index (χ2n) is 1.84. The molecule has 5 heteroatoms. The lowest BCUT2D eigenvalue weighted by atomic mass is 10.3. The van der Waals surface area contributed by atoms with Gasteiger partial charge in [0.15, 0.2) is 0 Å². The van der Waals surface area contributed by atoms with Gasteiger partial charge < -0.3 is 16.4 Å². The van der Waals surface area contributed by atoms with E-state index in [1.807, 2.05) is 0 Å². The quantitative estimate of drug-likeness (QED) is 0.455. The van der Waals surface area contributed by atoms with Crippen LogP contribution in [0.15, 0.2) is 0 Å². The van der Waals surface area contributed by atoms with Gasteiger partial charge in [-0.1, -0.05) is 0 Å². The molecule has 0 saturated heterocycles. The smallest absolute Gasteiger partial charge is 0.312 e. The zero-order valence-electron chi connectivity index (χ0n) is 5.97. The van der Waals surface area contributed by atoms with E-state index >= 15 is 0 Å². The molecule has 0 spiro atoms. The van der Waals surface area contributed by atoms with Crippen molar-refractivity contribution in [2.45, 2.75) is 13.0 Å². The number of primary amides is 1. The molecule has 0 aromatic rings. The molecule has 0 aliphatic rings. The highest BCUT2D eigenvalue weighted by atomic mass is 16.2. The van der Waals surface area contributed by atoms with Gasteiger partial charge in [0.25, 0.3) is 0 Å². The van der Waals surface area contributed by atoms with Crippen LogP contribution in [0, 0.1) is 0 Å². The Morgan fingerprint density at radius 2 is 2.00 bits per heavy atom. The number of rotatable bonds is 2. The van der Waals surface area contributed by atoms with Crippen molar-refractivity contribution in [2.75, 3.05) is 7.05 Å². The van der Waals surface area contributed by atoms with Crippen LogP contribution in [-0.2, 0) is 4.79 Å². The minimum absolute atomic E-state index is 0.265. The largest absolute Gasteiger partial charge is 0.357 e. The van der Waals surface area contributed by atoms with E-state index in [9.17, 15) is 9.59 Å². The summed E-state index contributed by atoms with van der Waals surface area (Å²) in [6.45, 7) is 1.55. The van der Waals surface area contributed by atoms with Gasteiger partial charge >= 0.3 is 6.03 Å². The highest BCUT2D eigenvalue weighted by Crippen LogP contribution is 1.78. The molecule has 4 N–H and O–H groups in total. The molecule has 0 saturated carbocycles. The van der Waals surface area contributed by atoms with E-state index < -0.39 is 12.1 Å². The molecule has 58 valence electrons. The SMILES string of the molecule is CNC(=O)C(C)NC(N)=O. The van der Waals surface area contributed by atoms with E-state index in [1.54, 1.807) is 6.92 Å². The molecule has 0 rings (SSSR count). The Morgan fingerprint density at radius 1 is 1.50 bits per heavy atom. The van der Waals surface area contributed by atoms with Gasteiger partial charge in [0.2, 0.25) is 5.91 Å². The summed E-state index contributed by atoms with van der Waals surface area (Å²) in [7, 11) is 1.49. The summed E-state index contributed by atoms with van der Waals surface area (Å²) in [4.78, 5) is 20.8. The minimum atomic E-state index is -0.698. The maximum atomic E-state index is 10.7. The van der Waals surface area contributed by atoms with Crippen molar-refractivity contribution in [1.29, 1.82) is 0 Å². The molecule has 1 unspecified atom stereocenters. The number of carbonyl (C=O) groups excluding carboxylic acids is 2. The number of carbonyl (C=O) groups is 2. The maximum absolute atomic E-state index is 10.7. The van der Waals surface area contributed by atoms with Crippen LogP contribution in [0.25, 0.3) is 0 Å². The van der Waals surface area contributed by atoms with E-state index in [4.69, 9.17) is 5.73 Å². The Kier molecular flexibility index (Phi) is 3.24.